The molecule has 0 aromatic heterocycles. The summed E-state index contributed by atoms with van der Waals surface area (Å²) < 4.78 is 1.17. The Labute approximate surface area is 43.9 Å². The third-order valence-electron chi connectivity index (χ3n) is 0.480. The van der Waals surface area contributed by atoms with E-state index in [0.29, 0.717) is 0 Å². The third kappa shape index (κ3) is 0.670. The molecule has 0 aromatic rings. The van der Waals surface area contributed by atoms with Crippen LogP contribution in [0.3, 0.4) is 0 Å². The maximum Gasteiger partial charge on any atom is 0.0335 e. The minimum atomic E-state index is 0.977. The zero-order valence-corrected chi connectivity index (χ0v) is 4.80. The van der Waals surface area contributed by atoms with Crippen molar-refractivity contribution in [1.29, 1.82) is 0 Å². The lowest BCUT2D eigenvalue weighted by atomic mass is 10.9. The topological polar surface area (TPSA) is 0 Å². The Balaban J connectivity index is 2.59. The van der Waals surface area contributed by atoms with Crippen molar-refractivity contribution in [2.45, 2.75) is 6.42 Å². The van der Waals surface area contributed by atoms with E-state index in [1.807, 2.05) is 0 Å². The van der Waals surface area contributed by atoms with Crippen LogP contribution in [0.1, 0.15) is 6.42 Å². The van der Waals surface area contributed by atoms with Gasteiger partial charge in [-0.15, -0.1) is 0 Å². The van der Waals surface area contributed by atoms with Gasteiger partial charge in [0, 0.05) is 15.9 Å². The molecule has 0 aromatic carbocycles. The molecule has 2 heteroatoms. The smallest absolute Gasteiger partial charge is 0.0335 e. The normalized spacial score (nSPS) is 20.4. The van der Waals surface area contributed by atoms with E-state index >= 15 is 0 Å². The second-order valence-electron chi connectivity index (χ2n) is 0.987. The lowest BCUT2D eigenvalue weighted by Gasteiger charge is -1.42. The molecule has 0 fully saturated rings. The minimum absolute atomic E-state index is 0.977. The quantitative estimate of drug-likeness (QED) is 0.501. The van der Waals surface area contributed by atoms with Gasteiger partial charge in [0.1, 0.15) is 0 Å². The van der Waals surface area contributed by atoms with Crippen LogP contribution in [-0.2, 0) is 0 Å². The summed E-state index contributed by atoms with van der Waals surface area (Å²) in [7, 11) is 0. The van der Waals surface area contributed by atoms with Crippen molar-refractivity contribution in [1.82, 2.24) is 0 Å². The van der Waals surface area contributed by atoms with E-state index in [0.717, 1.165) is 11.5 Å². The zero-order valence-electron chi connectivity index (χ0n) is 2.46. The van der Waals surface area contributed by atoms with Crippen LogP contribution < -0.4 is 0 Å². The molecule has 0 aliphatic heterocycles. The van der Waals surface area contributed by atoms with Crippen molar-refractivity contribution in [3.05, 3.63) is 9.51 Å². The molecule has 1 aliphatic carbocycles. The van der Waals surface area contributed by atoms with Gasteiger partial charge in [-0.05, 0) is 0 Å². The lowest BCUT2D eigenvalue weighted by Crippen LogP contribution is -1.17. The van der Waals surface area contributed by atoms with Gasteiger partial charge >= 0.3 is 0 Å². The van der Waals surface area contributed by atoms with E-state index in [1.165, 1.54) is 4.48 Å². The van der Waals surface area contributed by atoms with Crippen LogP contribution in [0.4, 0.5) is 0 Å². The average molecular weight is 153 g/mol. The first kappa shape index (κ1) is 3.69. The van der Waals surface area contributed by atoms with Crippen molar-refractivity contribution in [2.75, 3.05) is 0 Å². The summed E-state index contributed by atoms with van der Waals surface area (Å²) in [5.41, 5.74) is 0. The first-order chi connectivity index (χ1) is 2.30. The molecule has 0 nitrogen and oxygen atoms in total. The van der Waals surface area contributed by atoms with Gasteiger partial charge in [0.05, 0.1) is 0 Å². The summed E-state index contributed by atoms with van der Waals surface area (Å²) in [5, 5.41) is 0.977. The second kappa shape index (κ2) is 0.985. The van der Waals surface area contributed by atoms with Gasteiger partial charge in [-0.3, -0.25) is 0 Å². The molecule has 0 atom stereocenters. The van der Waals surface area contributed by atoms with E-state index in [9.17, 15) is 0 Å². The Hall–Kier alpha value is 0.510. The van der Waals surface area contributed by atoms with Crippen molar-refractivity contribution in [3.8, 4) is 0 Å². The molecule has 0 bridgehead atoms. The number of hydrogen-bond donors (Lipinski definition) is 0. The van der Waals surface area contributed by atoms with Crippen molar-refractivity contribution >= 4 is 27.5 Å². The molecular weight excluding hydrogens is 151 g/mol. The Morgan fingerprint density at radius 3 is 2.00 bits per heavy atom. The summed E-state index contributed by atoms with van der Waals surface area (Å²) in [6.07, 6.45) is 0.988. The standard InChI is InChI=1S/C3H2BrCl/c4-2-1-3(2)5/h1H2. The number of hydrogen-bond acceptors (Lipinski definition) is 0. The predicted octanol–water partition coefficient (Wildman–Crippen LogP) is 2.24. The molecule has 28 valence electrons. The maximum absolute atomic E-state index is 5.37. The number of allylic oxidation sites excluding steroid dienone is 2. The van der Waals surface area contributed by atoms with Gasteiger partial charge in [-0.2, -0.15) is 0 Å². The van der Waals surface area contributed by atoms with Gasteiger partial charge in [-0.25, -0.2) is 0 Å². The zero-order chi connectivity index (χ0) is 3.86. The largest absolute Gasteiger partial charge is 0.0879 e. The van der Waals surface area contributed by atoms with Crippen LogP contribution in [0, 0.1) is 0 Å². The summed E-state index contributed by atoms with van der Waals surface area (Å²) in [4.78, 5) is 0. The molecule has 0 saturated carbocycles. The second-order valence-corrected chi connectivity index (χ2v) is 2.40. The third-order valence-corrected chi connectivity index (χ3v) is 1.83. The van der Waals surface area contributed by atoms with E-state index in [2.05, 4.69) is 15.9 Å². The van der Waals surface area contributed by atoms with Crippen molar-refractivity contribution < 1.29 is 0 Å². The highest BCUT2D eigenvalue weighted by atomic mass is 79.9. The molecule has 1 aliphatic rings. The Morgan fingerprint density at radius 1 is 1.80 bits per heavy atom. The summed E-state index contributed by atoms with van der Waals surface area (Å²) in [5.74, 6) is 0. The highest BCUT2D eigenvalue weighted by Gasteiger charge is 2.13. The predicted molar refractivity (Wildman–Crippen MR) is 26.4 cm³/mol. The Bertz CT molecular complexity index is 74.9. The first-order valence-electron chi connectivity index (χ1n) is 1.34. The van der Waals surface area contributed by atoms with Crippen LogP contribution in [0.2, 0.25) is 0 Å². The number of rotatable bonds is 0. The molecule has 0 spiro atoms. The fourth-order valence-corrected chi connectivity index (χ4v) is 0.667. The lowest BCUT2D eigenvalue weighted by molar-refractivity contribution is 1.66. The summed E-state index contributed by atoms with van der Waals surface area (Å²) in [6, 6.07) is 0. The van der Waals surface area contributed by atoms with Gasteiger partial charge in [0.15, 0.2) is 0 Å². The Kier molecular flexibility index (Phi) is 0.727. The molecule has 1 rings (SSSR count). The molecular formula is C3H2BrCl. The van der Waals surface area contributed by atoms with E-state index < -0.39 is 0 Å². The monoisotopic (exact) mass is 152 g/mol. The molecule has 0 heterocycles. The van der Waals surface area contributed by atoms with Crippen LogP contribution >= 0.6 is 27.5 Å². The van der Waals surface area contributed by atoms with Gasteiger partial charge in [-0.1, -0.05) is 27.5 Å². The van der Waals surface area contributed by atoms with E-state index in [4.69, 9.17) is 11.6 Å². The molecule has 5 heavy (non-hydrogen) atoms. The van der Waals surface area contributed by atoms with Gasteiger partial charge in [0.25, 0.3) is 0 Å². The van der Waals surface area contributed by atoms with E-state index in [1.54, 1.807) is 0 Å². The highest BCUT2D eigenvalue weighted by molar-refractivity contribution is 9.12. The van der Waals surface area contributed by atoms with Crippen LogP contribution in [-0.4, -0.2) is 0 Å². The molecule has 0 N–H and O–H groups in total. The molecule has 0 saturated heterocycles. The molecule has 0 radical (unpaired) electrons. The fraction of sp³-hybridized carbons (Fsp3) is 0.333. The van der Waals surface area contributed by atoms with Gasteiger partial charge < -0.3 is 0 Å². The Morgan fingerprint density at radius 2 is 2.00 bits per heavy atom. The fourth-order valence-electron chi connectivity index (χ4n) is 0.0921. The first-order valence-corrected chi connectivity index (χ1v) is 2.51. The van der Waals surface area contributed by atoms with Crippen molar-refractivity contribution in [2.24, 2.45) is 0 Å². The highest BCUT2D eigenvalue weighted by Crippen LogP contribution is 2.38. The average Bonchev–Trinajstić information content (AvgIpc) is 1.79. The SMILES string of the molecule is ClC1=C(Br)C1. The maximum atomic E-state index is 5.37. The van der Waals surface area contributed by atoms with Gasteiger partial charge in [0.2, 0.25) is 0 Å². The summed E-state index contributed by atoms with van der Waals surface area (Å²) >= 11 is 8.56. The molecule has 0 unspecified atom stereocenters. The van der Waals surface area contributed by atoms with Crippen LogP contribution in [0.25, 0.3) is 0 Å². The van der Waals surface area contributed by atoms with Crippen LogP contribution in [0.5, 0.6) is 0 Å². The minimum Gasteiger partial charge on any atom is -0.0879 e. The van der Waals surface area contributed by atoms with Crippen LogP contribution in [0.15, 0.2) is 9.51 Å². The van der Waals surface area contributed by atoms with E-state index in [-0.39, 0.29) is 0 Å². The number of halogens is 2. The summed E-state index contributed by atoms with van der Waals surface area (Å²) in [6.45, 7) is 0. The molecule has 0 amide bonds. The van der Waals surface area contributed by atoms with Crippen molar-refractivity contribution in [3.63, 3.8) is 0 Å².